The highest BCUT2D eigenvalue weighted by molar-refractivity contribution is 8.00. The molecule has 2 heterocycles. The summed E-state index contributed by atoms with van der Waals surface area (Å²) in [6.07, 6.45) is 0. The Balaban J connectivity index is 1.91. The number of ether oxygens (including phenoxy) is 1. The number of para-hydroxylation sites is 1. The molecule has 0 aliphatic rings. The van der Waals surface area contributed by atoms with Crippen LogP contribution in [0.4, 0.5) is 0 Å². The lowest BCUT2D eigenvalue weighted by Crippen LogP contribution is -2.10. The predicted octanol–water partition coefficient (Wildman–Crippen LogP) is 5.75. The summed E-state index contributed by atoms with van der Waals surface area (Å²) in [6, 6.07) is 17.8. The minimum absolute atomic E-state index is 0.372. The van der Waals surface area contributed by atoms with Gasteiger partial charge in [-0.15, -0.1) is 11.3 Å². The number of nitrogens with zero attached hydrogens (tertiary/aromatic N) is 2. The fraction of sp³-hybridized carbons (Fsp3) is 0.136. The molecule has 0 unspecified atom stereocenters. The maximum atomic E-state index is 12.8. The van der Waals surface area contributed by atoms with Gasteiger partial charge in [0.15, 0.2) is 0 Å². The van der Waals surface area contributed by atoms with Gasteiger partial charge in [0, 0.05) is 27.8 Å². The summed E-state index contributed by atoms with van der Waals surface area (Å²) in [7, 11) is 1.41. The molecule has 0 fully saturated rings. The number of carbonyl (C=O) groups excluding carboxylic acids is 1. The third kappa shape index (κ3) is 3.66. The van der Waals surface area contributed by atoms with Crippen molar-refractivity contribution in [3.63, 3.8) is 0 Å². The largest absolute Gasteiger partial charge is 0.465 e. The number of benzene rings is 2. The first-order chi connectivity index (χ1) is 13.7. The smallest absolute Gasteiger partial charge is 0.340 e. The summed E-state index contributed by atoms with van der Waals surface area (Å²) < 4.78 is 6.11. The van der Waals surface area contributed by atoms with E-state index in [1.807, 2.05) is 66.9 Å². The van der Waals surface area contributed by atoms with E-state index in [-0.39, 0.29) is 5.97 Å². The Hall–Kier alpha value is -2.70. The predicted molar refractivity (Wildman–Crippen MR) is 115 cm³/mol. The Morgan fingerprint density at radius 2 is 1.82 bits per heavy atom. The number of rotatable bonds is 5. The lowest BCUT2D eigenvalue weighted by Gasteiger charge is -2.16. The van der Waals surface area contributed by atoms with Crippen molar-refractivity contribution < 1.29 is 9.53 Å². The van der Waals surface area contributed by atoms with Crippen molar-refractivity contribution in [2.24, 2.45) is 0 Å². The minimum atomic E-state index is -0.372. The molecule has 0 aliphatic heterocycles. The van der Waals surface area contributed by atoms with Crippen LogP contribution in [0.5, 0.6) is 0 Å². The van der Waals surface area contributed by atoms with Gasteiger partial charge in [0.05, 0.1) is 23.9 Å². The fourth-order valence-electron chi connectivity index (χ4n) is 3.12. The van der Waals surface area contributed by atoms with Gasteiger partial charge in [-0.05, 0) is 18.6 Å². The monoisotopic (exact) mass is 406 g/mol. The number of aryl methyl sites for hydroxylation is 1. The molecule has 2 aromatic carbocycles. The second-order valence-electron chi connectivity index (χ2n) is 6.23. The van der Waals surface area contributed by atoms with Crippen LogP contribution in [0.2, 0.25) is 0 Å². The molecular formula is C22H18N2O2S2. The van der Waals surface area contributed by atoms with Crippen molar-refractivity contribution in [1.29, 1.82) is 0 Å². The quantitative estimate of drug-likeness (QED) is 0.312. The van der Waals surface area contributed by atoms with E-state index in [1.54, 1.807) is 23.1 Å². The van der Waals surface area contributed by atoms with Gasteiger partial charge in [-0.2, -0.15) is 0 Å². The number of hydrogen-bond donors (Lipinski definition) is 0. The van der Waals surface area contributed by atoms with Crippen molar-refractivity contribution in [1.82, 2.24) is 9.97 Å². The molecule has 4 aromatic rings. The van der Waals surface area contributed by atoms with Crippen LogP contribution in [0, 0.1) is 6.92 Å². The molecule has 0 bridgehead atoms. The first kappa shape index (κ1) is 18.7. The van der Waals surface area contributed by atoms with Crippen LogP contribution in [-0.4, -0.2) is 23.0 Å². The molecule has 2 aromatic heterocycles. The lowest BCUT2D eigenvalue weighted by molar-refractivity contribution is 0.0600. The van der Waals surface area contributed by atoms with Gasteiger partial charge in [0.25, 0.3) is 0 Å². The van der Waals surface area contributed by atoms with Gasteiger partial charge in [-0.1, -0.05) is 60.3 Å². The molecule has 0 N–H and O–H groups in total. The van der Waals surface area contributed by atoms with E-state index < -0.39 is 0 Å². The number of aromatic nitrogens is 2. The summed E-state index contributed by atoms with van der Waals surface area (Å²) in [5.41, 5.74) is 4.93. The van der Waals surface area contributed by atoms with Gasteiger partial charge in [-0.3, -0.25) is 4.98 Å². The fourth-order valence-corrected chi connectivity index (χ4v) is 4.91. The molecule has 0 saturated carbocycles. The van der Waals surface area contributed by atoms with Gasteiger partial charge in [0.1, 0.15) is 4.34 Å². The molecule has 0 spiro atoms. The van der Waals surface area contributed by atoms with Gasteiger partial charge in [0.2, 0.25) is 0 Å². The average Bonchev–Trinajstić information content (AvgIpc) is 3.16. The highest BCUT2D eigenvalue weighted by Gasteiger charge is 2.23. The van der Waals surface area contributed by atoms with Crippen molar-refractivity contribution >= 4 is 40.0 Å². The maximum absolute atomic E-state index is 12.8. The zero-order valence-electron chi connectivity index (χ0n) is 15.5. The third-order valence-corrected chi connectivity index (χ3v) is 6.50. The molecule has 0 amide bonds. The summed E-state index contributed by atoms with van der Waals surface area (Å²) in [5, 5.41) is 2.96. The zero-order chi connectivity index (χ0) is 19.5. The molecular weight excluding hydrogens is 388 g/mol. The molecule has 28 heavy (non-hydrogen) atoms. The highest BCUT2D eigenvalue weighted by atomic mass is 32.2. The van der Waals surface area contributed by atoms with Crippen molar-refractivity contribution in [3.05, 3.63) is 76.9 Å². The molecule has 6 heteroatoms. The first-order valence-corrected chi connectivity index (χ1v) is 10.6. The number of fused-ring (bicyclic) bond motifs is 1. The number of hydrogen-bond acceptors (Lipinski definition) is 6. The third-order valence-electron chi connectivity index (χ3n) is 4.35. The topological polar surface area (TPSA) is 52.1 Å². The van der Waals surface area contributed by atoms with Crippen LogP contribution in [0.15, 0.2) is 64.3 Å². The normalized spacial score (nSPS) is 10.9. The van der Waals surface area contributed by atoms with Crippen molar-refractivity contribution in [2.75, 3.05) is 7.11 Å². The molecule has 0 aliphatic carbocycles. The Morgan fingerprint density at radius 1 is 1.07 bits per heavy atom. The van der Waals surface area contributed by atoms with Crippen LogP contribution < -0.4 is 0 Å². The average molecular weight is 407 g/mol. The summed E-state index contributed by atoms with van der Waals surface area (Å²) in [6.45, 7) is 1.97. The van der Waals surface area contributed by atoms with Crippen LogP contribution in [0.25, 0.3) is 22.0 Å². The molecule has 4 rings (SSSR count). The van der Waals surface area contributed by atoms with Crippen LogP contribution >= 0.6 is 23.1 Å². The maximum Gasteiger partial charge on any atom is 0.340 e. The van der Waals surface area contributed by atoms with E-state index in [9.17, 15) is 4.79 Å². The Labute approximate surface area is 171 Å². The van der Waals surface area contributed by atoms with E-state index >= 15 is 0 Å². The lowest BCUT2D eigenvalue weighted by atomic mass is 9.94. The van der Waals surface area contributed by atoms with Gasteiger partial charge < -0.3 is 4.74 Å². The number of carbonyl (C=O) groups is 1. The van der Waals surface area contributed by atoms with Crippen molar-refractivity contribution in [2.45, 2.75) is 17.0 Å². The number of esters is 1. The Bertz CT molecular complexity index is 1140. The number of thioether (sulfide) groups is 1. The Kier molecular flexibility index (Phi) is 5.41. The van der Waals surface area contributed by atoms with Crippen molar-refractivity contribution in [3.8, 4) is 11.1 Å². The summed E-state index contributed by atoms with van der Waals surface area (Å²) in [5.74, 6) is 0.172. The zero-order valence-corrected chi connectivity index (χ0v) is 17.1. The second-order valence-corrected chi connectivity index (χ2v) is 8.31. The number of thiazole rings is 1. The van der Waals surface area contributed by atoms with Crippen LogP contribution in [0.1, 0.15) is 21.7 Å². The minimum Gasteiger partial charge on any atom is -0.465 e. The molecule has 0 radical (unpaired) electrons. The summed E-state index contributed by atoms with van der Waals surface area (Å²) >= 11 is 3.19. The van der Waals surface area contributed by atoms with Crippen LogP contribution in [0.3, 0.4) is 0 Å². The number of pyridine rings is 1. The van der Waals surface area contributed by atoms with Crippen LogP contribution in [-0.2, 0) is 10.5 Å². The number of methoxy groups -OCH3 is 1. The van der Waals surface area contributed by atoms with E-state index in [0.29, 0.717) is 17.0 Å². The van der Waals surface area contributed by atoms with E-state index in [0.717, 1.165) is 32.1 Å². The summed E-state index contributed by atoms with van der Waals surface area (Å²) in [4.78, 5) is 22.1. The second kappa shape index (κ2) is 8.12. The standard InChI is InChI=1S/C22H18N2O2S2/c1-14-12-27-22(23-14)28-13-18-20(21(25)26-2)19(15-8-4-3-5-9-15)16-10-6-7-11-17(16)24-18/h3-12H,13H2,1-2H3. The van der Waals surface area contributed by atoms with Gasteiger partial charge in [-0.25, -0.2) is 9.78 Å². The van der Waals surface area contributed by atoms with E-state index in [4.69, 9.17) is 9.72 Å². The first-order valence-electron chi connectivity index (χ1n) is 8.77. The van der Waals surface area contributed by atoms with E-state index in [2.05, 4.69) is 4.98 Å². The molecule has 0 saturated heterocycles. The Morgan fingerprint density at radius 3 is 2.54 bits per heavy atom. The SMILES string of the molecule is COC(=O)c1c(CSc2nc(C)cs2)nc2ccccc2c1-c1ccccc1. The molecule has 4 nitrogen and oxygen atoms in total. The highest BCUT2D eigenvalue weighted by Crippen LogP contribution is 2.36. The molecule has 140 valence electrons. The van der Waals surface area contributed by atoms with Gasteiger partial charge >= 0.3 is 5.97 Å². The molecule has 0 atom stereocenters. The van der Waals surface area contributed by atoms with E-state index in [1.165, 1.54) is 7.11 Å².